The van der Waals surface area contributed by atoms with Crippen LogP contribution in [0.3, 0.4) is 0 Å². The Morgan fingerprint density at radius 2 is 1.83 bits per heavy atom. The number of likely N-dealkylation sites (N-methyl/N-ethyl adjacent to an activating group) is 1. The number of pyridine rings is 1. The number of hydrogen-bond acceptors (Lipinski definition) is 6. The number of carbonyl (C=O) groups is 1. The van der Waals surface area contributed by atoms with E-state index in [0.29, 0.717) is 5.65 Å². The van der Waals surface area contributed by atoms with Gasteiger partial charge in [0.15, 0.2) is 0 Å². The Bertz CT molecular complexity index is 1220. The third-order valence-corrected chi connectivity index (χ3v) is 6.21. The smallest absolute Gasteiger partial charge is 0.321 e. The van der Waals surface area contributed by atoms with Gasteiger partial charge in [-0.15, -0.1) is 0 Å². The Labute approximate surface area is 168 Å². The summed E-state index contributed by atoms with van der Waals surface area (Å²) in [5, 5.41) is 0. The summed E-state index contributed by atoms with van der Waals surface area (Å²) in [6, 6.07) is 12.9. The van der Waals surface area contributed by atoms with Gasteiger partial charge < -0.3 is 4.74 Å². The molecule has 1 aromatic carbocycles. The first-order valence-corrected chi connectivity index (χ1v) is 10.3. The largest absolute Gasteiger partial charge is 0.458 e. The predicted octanol–water partition coefficient (Wildman–Crippen LogP) is 1.68. The zero-order valence-electron chi connectivity index (χ0n) is 16.3. The van der Waals surface area contributed by atoms with Crippen molar-refractivity contribution in [2.45, 2.75) is 25.3 Å². The van der Waals surface area contributed by atoms with E-state index in [0.717, 1.165) is 15.6 Å². The first kappa shape index (κ1) is 20.7. The van der Waals surface area contributed by atoms with Gasteiger partial charge in [0.2, 0.25) is 10.0 Å². The summed E-state index contributed by atoms with van der Waals surface area (Å²) in [5.41, 5.74) is 2.13. The van der Waals surface area contributed by atoms with E-state index in [2.05, 4.69) is 4.98 Å². The second-order valence-electron chi connectivity index (χ2n) is 6.68. The summed E-state index contributed by atoms with van der Waals surface area (Å²) in [4.78, 5) is 28.8. The molecule has 0 atom stereocenters. The SMILES string of the molecule is Cc1ccc(S(=O)(=O)N(C)CC(=O)OCc2cc(=O)n3c(C)cccc3n2)cc1. The summed E-state index contributed by atoms with van der Waals surface area (Å²) < 4.78 is 32.6. The van der Waals surface area contributed by atoms with Gasteiger partial charge in [-0.2, -0.15) is 4.31 Å². The van der Waals surface area contributed by atoms with Crippen LogP contribution in [0.4, 0.5) is 0 Å². The molecule has 2 aromatic heterocycles. The summed E-state index contributed by atoms with van der Waals surface area (Å²) in [6.07, 6.45) is 0. The molecule has 8 nitrogen and oxygen atoms in total. The van der Waals surface area contributed by atoms with Crippen LogP contribution < -0.4 is 5.56 Å². The number of sulfonamides is 1. The van der Waals surface area contributed by atoms with Crippen LogP contribution in [0.15, 0.2) is 58.2 Å². The monoisotopic (exact) mass is 415 g/mol. The lowest BCUT2D eigenvalue weighted by Gasteiger charge is -2.16. The number of carbonyl (C=O) groups excluding carboxylic acids is 1. The molecule has 0 saturated heterocycles. The van der Waals surface area contributed by atoms with Crippen LogP contribution in [-0.2, 0) is 26.2 Å². The van der Waals surface area contributed by atoms with Gasteiger partial charge in [-0.3, -0.25) is 14.0 Å². The van der Waals surface area contributed by atoms with E-state index in [1.54, 1.807) is 37.3 Å². The van der Waals surface area contributed by atoms with E-state index in [1.165, 1.54) is 29.6 Å². The van der Waals surface area contributed by atoms with Crippen LogP contribution in [0.25, 0.3) is 5.65 Å². The highest BCUT2D eigenvalue weighted by molar-refractivity contribution is 7.89. The van der Waals surface area contributed by atoms with Gasteiger partial charge in [0.05, 0.1) is 10.6 Å². The van der Waals surface area contributed by atoms with Crippen molar-refractivity contribution in [2.75, 3.05) is 13.6 Å². The number of aryl methyl sites for hydroxylation is 2. The molecule has 152 valence electrons. The number of esters is 1. The fourth-order valence-electron chi connectivity index (χ4n) is 2.79. The summed E-state index contributed by atoms with van der Waals surface area (Å²) in [5.74, 6) is -0.741. The molecule has 0 unspecified atom stereocenters. The normalized spacial score (nSPS) is 11.7. The molecule has 0 aliphatic rings. The zero-order chi connectivity index (χ0) is 21.2. The molecule has 0 fully saturated rings. The number of nitrogens with zero attached hydrogens (tertiary/aromatic N) is 3. The standard InChI is InChI=1S/C20H21N3O5S/c1-14-7-9-17(10-8-14)29(26,27)22(3)12-20(25)28-13-16-11-19(24)23-15(2)5-4-6-18(23)21-16/h4-11H,12-13H2,1-3H3. The average molecular weight is 415 g/mol. The Kier molecular flexibility index (Phi) is 5.81. The van der Waals surface area contributed by atoms with Crippen molar-refractivity contribution >= 4 is 21.6 Å². The quantitative estimate of drug-likeness (QED) is 0.568. The molecule has 0 bridgehead atoms. The third-order valence-electron chi connectivity index (χ3n) is 4.40. The van der Waals surface area contributed by atoms with Crippen molar-refractivity contribution in [1.29, 1.82) is 0 Å². The second-order valence-corrected chi connectivity index (χ2v) is 8.73. The summed E-state index contributed by atoms with van der Waals surface area (Å²) >= 11 is 0. The highest BCUT2D eigenvalue weighted by atomic mass is 32.2. The molecule has 0 aliphatic carbocycles. The Balaban J connectivity index is 1.67. The van der Waals surface area contributed by atoms with Crippen molar-refractivity contribution < 1.29 is 17.9 Å². The van der Waals surface area contributed by atoms with E-state index in [4.69, 9.17) is 4.74 Å². The van der Waals surface area contributed by atoms with Crippen LogP contribution in [0, 0.1) is 13.8 Å². The number of rotatable bonds is 6. The van der Waals surface area contributed by atoms with E-state index in [1.807, 2.05) is 6.92 Å². The Morgan fingerprint density at radius 3 is 2.52 bits per heavy atom. The first-order valence-electron chi connectivity index (χ1n) is 8.85. The molecule has 29 heavy (non-hydrogen) atoms. The van der Waals surface area contributed by atoms with Gasteiger partial charge in [0, 0.05) is 18.8 Å². The number of ether oxygens (including phenoxy) is 1. The summed E-state index contributed by atoms with van der Waals surface area (Å²) in [7, 11) is -2.51. The molecular weight excluding hydrogens is 394 g/mol. The molecule has 0 saturated carbocycles. The number of hydrogen-bond donors (Lipinski definition) is 0. The van der Waals surface area contributed by atoms with Crippen LogP contribution >= 0.6 is 0 Å². The maximum absolute atomic E-state index is 12.5. The lowest BCUT2D eigenvalue weighted by atomic mass is 10.2. The Hall–Kier alpha value is -3.04. The van der Waals surface area contributed by atoms with E-state index >= 15 is 0 Å². The zero-order valence-corrected chi connectivity index (χ0v) is 17.1. The molecule has 2 heterocycles. The lowest BCUT2D eigenvalue weighted by Crippen LogP contribution is -2.33. The minimum atomic E-state index is -3.81. The van der Waals surface area contributed by atoms with Gasteiger partial charge in [-0.05, 0) is 38.1 Å². The van der Waals surface area contributed by atoms with Gasteiger partial charge in [-0.25, -0.2) is 13.4 Å². The molecule has 0 spiro atoms. The molecule has 3 aromatic rings. The van der Waals surface area contributed by atoms with Gasteiger partial charge in [0.1, 0.15) is 18.8 Å². The van der Waals surface area contributed by atoms with Crippen molar-refractivity contribution in [3.05, 3.63) is 75.8 Å². The highest BCUT2D eigenvalue weighted by Gasteiger charge is 2.23. The highest BCUT2D eigenvalue weighted by Crippen LogP contribution is 2.15. The third kappa shape index (κ3) is 4.52. The van der Waals surface area contributed by atoms with Crippen LogP contribution in [-0.4, -0.2) is 41.7 Å². The molecule has 0 N–H and O–H groups in total. The van der Waals surface area contributed by atoms with Crippen LogP contribution in [0.5, 0.6) is 0 Å². The number of aromatic nitrogens is 2. The predicted molar refractivity (Wildman–Crippen MR) is 107 cm³/mol. The molecule has 0 aliphatic heterocycles. The van der Waals surface area contributed by atoms with Gasteiger partial charge in [-0.1, -0.05) is 23.8 Å². The first-order chi connectivity index (χ1) is 13.7. The van der Waals surface area contributed by atoms with Crippen LogP contribution in [0.2, 0.25) is 0 Å². The van der Waals surface area contributed by atoms with E-state index in [-0.39, 0.29) is 22.8 Å². The van der Waals surface area contributed by atoms with E-state index < -0.39 is 22.5 Å². The minimum Gasteiger partial charge on any atom is -0.458 e. The van der Waals surface area contributed by atoms with Crippen molar-refractivity contribution in [1.82, 2.24) is 13.7 Å². The number of benzene rings is 1. The van der Waals surface area contributed by atoms with Crippen molar-refractivity contribution in [3.8, 4) is 0 Å². The minimum absolute atomic E-state index is 0.0954. The molecule has 0 radical (unpaired) electrons. The summed E-state index contributed by atoms with van der Waals surface area (Å²) in [6.45, 7) is 2.96. The van der Waals surface area contributed by atoms with Gasteiger partial charge in [0.25, 0.3) is 5.56 Å². The van der Waals surface area contributed by atoms with Gasteiger partial charge >= 0.3 is 5.97 Å². The molecule has 3 rings (SSSR count). The van der Waals surface area contributed by atoms with Crippen molar-refractivity contribution in [2.24, 2.45) is 0 Å². The maximum atomic E-state index is 12.5. The fraction of sp³-hybridized carbons (Fsp3) is 0.250. The topological polar surface area (TPSA) is 98.0 Å². The number of fused-ring (bicyclic) bond motifs is 1. The lowest BCUT2D eigenvalue weighted by molar-refractivity contribution is -0.145. The van der Waals surface area contributed by atoms with Crippen molar-refractivity contribution in [3.63, 3.8) is 0 Å². The molecular formula is C20H21N3O5S. The molecule has 0 amide bonds. The Morgan fingerprint density at radius 1 is 1.14 bits per heavy atom. The maximum Gasteiger partial charge on any atom is 0.321 e. The van der Waals surface area contributed by atoms with E-state index in [9.17, 15) is 18.0 Å². The van der Waals surface area contributed by atoms with Crippen LogP contribution in [0.1, 0.15) is 17.0 Å². The average Bonchev–Trinajstić information content (AvgIpc) is 2.66. The molecule has 9 heteroatoms. The fourth-order valence-corrected chi connectivity index (χ4v) is 3.91. The second kappa shape index (κ2) is 8.14.